The van der Waals surface area contributed by atoms with Gasteiger partial charge in [-0.2, -0.15) is 5.26 Å². The van der Waals surface area contributed by atoms with E-state index in [0.29, 0.717) is 6.04 Å². The van der Waals surface area contributed by atoms with E-state index in [-0.39, 0.29) is 5.92 Å². The van der Waals surface area contributed by atoms with Gasteiger partial charge in [-0.15, -0.1) is 0 Å². The summed E-state index contributed by atoms with van der Waals surface area (Å²) in [6.07, 6.45) is 3.49. The molecule has 0 saturated heterocycles. The maximum atomic E-state index is 8.92. The van der Waals surface area contributed by atoms with Crippen LogP contribution in [0.5, 0.6) is 0 Å². The van der Waals surface area contributed by atoms with Crippen molar-refractivity contribution < 1.29 is 0 Å². The standard InChI is InChI=1S/C10H18N2/c1-8-4-5-9(7-11)10(6-8)12(2)3/h8-10H,4-6H2,1-3H3. The van der Waals surface area contributed by atoms with Gasteiger partial charge in [0.15, 0.2) is 0 Å². The van der Waals surface area contributed by atoms with Crippen molar-refractivity contribution in [2.75, 3.05) is 14.1 Å². The largest absolute Gasteiger partial charge is 0.305 e. The quantitative estimate of drug-likeness (QED) is 0.594. The van der Waals surface area contributed by atoms with Crippen LogP contribution in [0.3, 0.4) is 0 Å². The van der Waals surface area contributed by atoms with Crippen molar-refractivity contribution in [2.45, 2.75) is 32.2 Å². The molecule has 0 aromatic heterocycles. The average molecular weight is 166 g/mol. The molecule has 2 heteroatoms. The molecule has 3 unspecified atom stereocenters. The molecule has 68 valence electrons. The van der Waals surface area contributed by atoms with Crippen LogP contribution in [-0.2, 0) is 0 Å². The van der Waals surface area contributed by atoms with E-state index in [1.54, 1.807) is 0 Å². The molecule has 0 amide bonds. The van der Waals surface area contributed by atoms with E-state index in [2.05, 4.69) is 32.0 Å². The summed E-state index contributed by atoms with van der Waals surface area (Å²) in [7, 11) is 4.15. The highest BCUT2D eigenvalue weighted by Crippen LogP contribution is 2.30. The summed E-state index contributed by atoms with van der Waals surface area (Å²) in [5, 5.41) is 8.92. The van der Waals surface area contributed by atoms with Gasteiger partial charge in [-0.3, -0.25) is 0 Å². The molecule has 0 bridgehead atoms. The van der Waals surface area contributed by atoms with Gasteiger partial charge in [0.05, 0.1) is 12.0 Å². The first-order valence-corrected chi connectivity index (χ1v) is 4.71. The Morgan fingerprint density at radius 2 is 2.00 bits per heavy atom. The molecule has 1 saturated carbocycles. The van der Waals surface area contributed by atoms with Crippen LogP contribution in [0.25, 0.3) is 0 Å². The highest BCUT2D eigenvalue weighted by molar-refractivity contribution is 4.95. The van der Waals surface area contributed by atoms with Crippen LogP contribution in [0.4, 0.5) is 0 Å². The third-order valence-electron chi connectivity index (χ3n) is 2.91. The summed E-state index contributed by atoms with van der Waals surface area (Å²) in [6, 6.07) is 2.90. The Balaban J connectivity index is 2.59. The molecular weight excluding hydrogens is 148 g/mol. The van der Waals surface area contributed by atoms with Gasteiger partial charge in [0.1, 0.15) is 0 Å². The van der Waals surface area contributed by atoms with Crippen molar-refractivity contribution in [1.29, 1.82) is 5.26 Å². The molecule has 1 aliphatic carbocycles. The smallest absolute Gasteiger partial charge is 0.0672 e. The summed E-state index contributed by atoms with van der Waals surface area (Å²) in [4.78, 5) is 2.20. The second kappa shape index (κ2) is 3.91. The fraction of sp³-hybridized carbons (Fsp3) is 0.900. The Morgan fingerprint density at radius 3 is 2.50 bits per heavy atom. The van der Waals surface area contributed by atoms with Crippen LogP contribution >= 0.6 is 0 Å². The first-order valence-electron chi connectivity index (χ1n) is 4.71. The summed E-state index contributed by atoms with van der Waals surface area (Å²) in [6.45, 7) is 2.28. The fourth-order valence-corrected chi connectivity index (χ4v) is 2.07. The minimum atomic E-state index is 0.260. The fourth-order valence-electron chi connectivity index (χ4n) is 2.07. The zero-order chi connectivity index (χ0) is 9.14. The van der Waals surface area contributed by atoms with Crippen molar-refractivity contribution in [3.63, 3.8) is 0 Å². The predicted molar refractivity (Wildman–Crippen MR) is 49.6 cm³/mol. The average Bonchev–Trinajstić information content (AvgIpc) is 2.04. The molecule has 2 nitrogen and oxygen atoms in total. The maximum absolute atomic E-state index is 8.92. The molecule has 0 aromatic rings. The number of nitrogens with zero attached hydrogens (tertiary/aromatic N) is 2. The third-order valence-corrected chi connectivity index (χ3v) is 2.91. The number of nitriles is 1. The monoisotopic (exact) mass is 166 g/mol. The van der Waals surface area contributed by atoms with Crippen LogP contribution < -0.4 is 0 Å². The van der Waals surface area contributed by atoms with Crippen LogP contribution in [0.1, 0.15) is 26.2 Å². The lowest BCUT2D eigenvalue weighted by molar-refractivity contribution is 0.156. The van der Waals surface area contributed by atoms with Gasteiger partial charge in [-0.05, 0) is 39.3 Å². The van der Waals surface area contributed by atoms with Gasteiger partial charge in [-0.25, -0.2) is 0 Å². The van der Waals surface area contributed by atoms with Crippen LogP contribution in [-0.4, -0.2) is 25.0 Å². The van der Waals surface area contributed by atoms with E-state index in [1.165, 1.54) is 12.8 Å². The highest BCUT2D eigenvalue weighted by Gasteiger charge is 2.29. The first kappa shape index (κ1) is 9.54. The highest BCUT2D eigenvalue weighted by atomic mass is 15.1. The van der Waals surface area contributed by atoms with Gasteiger partial charge >= 0.3 is 0 Å². The molecule has 1 aliphatic rings. The minimum Gasteiger partial charge on any atom is -0.305 e. The molecule has 1 fully saturated rings. The van der Waals surface area contributed by atoms with E-state index < -0.39 is 0 Å². The minimum absolute atomic E-state index is 0.260. The van der Waals surface area contributed by atoms with Gasteiger partial charge in [-0.1, -0.05) is 6.92 Å². The summed E-state index contributed by atoms with van der Waals surface area (Å²) < 4.78 is 0. The summed E-state index contributed by atoms with van der Waals surface area (Å²) >= 11 is 0. The van der Waals surface area contributed by atoms with E-state index in [1.807, 2.05) is 0 Å². The maximum Gasteiger partial charge on any atom is 0.0672 e. The Kier molecular flexibility index (Phi) is 3.11. The Labute approximate surface area is 75.2 Å². The zero-order valence-electron chi connectivity index (χ0n) is 8.25. The van der Waals surface area contributed by atoms with Crippen molar-refractivity contribution in [3.05, 3.63) is 0 Å². The van der Waals surface area contributed by atoms with Gasteiger partial charge in [0.2, 0.25) is 0 Å². The van der Waals surface area contributed by atoms with Crippen LogP contribution in [0, 0.1) is 23.2 Å². The topological polar surface area (TPSA) is 27.0 Å². The normalized spacial score (nSPS) is 36.4. The molecule has 0 aliphatic heterocycles. The molecule has 0 radical (unpaired) electrons. The molecule has 12 heavy (non-hydrogen) atoms. The zero-order valence-corrected chi connectivity index (χ0v) is 8.25. The van der Waals surface area contributed by atoms with Gasteiger partial charge < -0.3 is 4.90 Å². The number of hydrogen-bond donors (Lipinski definition) is 0. The first-order chi connectivity index (χ1) is 5.65. The van der Waals surface area contributed by atoms with Gasteiger partial charge in [0.25, 0.3) is 0 Å². The molecule has 0 heterocycles. The Bertz CT molecular complexity index is 181. The van der Waals surface area contributed by atoms with Crippen LogP contribution in [0.15, 0.2) is 0 Å². The molecule has 3 atom stereocenters. The predicted octanol–water partition coefficient (Wildman–Crippen LogP) is 1.88. The van der Waals surface area contributed by atoms with E-state index in [0.717, 1.165) is 12.3 Å². The molecule has 0 spiro atoms. The van der Waals surface area contributed by atoms with Crippen molar-refractivity contribution in [1.82, 2.24) is 4.90 Å². The number of hydrogen-bond acceptors (Lipinski definition) is 2. The lowest BCUT2D eigenvalue weighted by Gasteiger charge is -2.35. The number of rotatable bonds is 1. The molecule has 0 aromatic carbocycles. The summed E-state index contributed by atoms with van der Waals surface area (Å²) in [5.74, 6) is 1.05. The SMILES string of the molecule is CC1CCC(C#N)C(N(C)C)C1. The Morgan fingerprint density at radius 1 is 1.33 bits per heavy atom. The third kappa shape index (κ3) is 1.98. The van der Waals surface area contributed by atoms with Crippen molar-refractivity contribution in [2.24, 2.45) is 11.8 Å². The van der Waals surface area contributed by atoms with E-state index >= 15 is 0 Å². The van der Waals surface area contributed by atoms with E-state index in [9.17, 15) is 0 Å². The van der Waals surface area contributed by atoms with Crippen molar-refractivity contribution >= 4 is 0 Å². The lowest BCUT2D eigenvalue weighted by Crippen LogP contribution is -2.39. The molecule has 1 rings (SSSR count). The summed E-state index contributed by atoms with van der Waals surface area (Å²) in [5.41, 5.74) is 0. The molecule has 0 N–H and O–H groups in total. The van der Waals surface area contributed by atoms with Gasteiger partial charge in [0, 0.05) is 6.04 Å². The lowest BCUT2D eigenvalue weighted by atomic mass is 9.79. The molecular formula is C10H18N2. The Hall–Kier alpha value is -0.550. The van der Waals surface area contributed by atoms with E-state index in [4.69, 9.17) is 5.26 Å². The van der Waals surface area contributed by atoms with Crippen LogP contribution in [0.2, 0.25) is 0 Å². The second-order valence-corrected chi connectivity index (χ2v) is 4.18. The van der Waals surface area contributed by atoms with Crippen molar-refractivity contribution in [3.8, 4) is 6.07 Å². The second-order valence-electron chi connectivity index (χ2n) is 4.18.